The summed E-state index contributed by atoms with van der Waals surface area (Å²) in [7, 11) is 0. The smallest absolute Gasteiger partial charge is 0.416 e. The molecule has 2 N–H and O–H groups in total. The van der Waals surface area contributed by atoms with E-state index in [9.17, 15) is 23.1 Å². The molecule has 0 saturated carbocycles. The van der Waals surface area contributed by atoms with Gasteiger partial charge in [-0.3, -0.25) is 0 Å². The Kier molecular flexibility index (Phi) is 5.45. The molecule has 1 atom stereocenters. The van der Waals surface area contributed by atoms with Gasteiger partial charge in [0.1, 0.15) is 6.09 Å². The number of carbonyl (C=O) groups excluding carboxylic acids is 1. The Bertz CT molecular complexity index is 524. The van der Waals surface area contributed by atoms with Crippen LogP contribution in [-0.2, 0) is 12.6 Å². The molecule has 0 aromatic heterocycles. The van der Waals surface area contributed by atoms with Crippen molar-refractivity contribution in [3.8, 4) is 0 Å². The maximum atomic E-state index is 12.9. The van der Waals surface area contributed by atoms with E-state index in [2.05, 4.69) is 0 Å². The summed E-state index contributed by atoms with van der Waals surface area (Å²) >= 11 is 0. The van der Waals surface area contributed by atoms with Gasteiger partial charge in [0.25, 0.3) is 0 Å². The van der Waals surface area contributed by atoms with Crippen LogP contribution in [0.25, 0.3) is 0 Å². The summed E-state index contributed by atoms with van der Waals surface area (Å²) in [5.74, 6) is 0. The van der Waals surface area contributed by atoms with Crippen molar-refractivity contribution >= 4 is 6.09 Å². The SMILES string of the molecule is CC(C)(C)N(C[C@@H](N)Cc1ccccc1C(F)(F)F)C(=O)[O-]. The molecule has 4 nitrogen and oxygen atoms in total. The number of benzene rings is 1. The fourth-order valence-corrected chi connectivity index (χ4v) is 2.18. The first kappa shape index (κ1) is 18.3. The number of halogens is 3. The lowest BCUT2D eigenvalue weighted by atomic mass is 9.98. The van der Waals surface area contributed by atoms with E-state index in [1.54, 1.807) is 20.8 Å². The second kappa shape index (κ2) is 6.56. The second-order valence-corrected chi connectivity index (χ2v) is 6.17. The molecule has 0 aliphatic rings. The fourth-order valence-electron chi connectivity index (χ4n) is 2.18. The standard InChI is InChI=1S/C15H21F3N2O2/c1-14(2,3)20(13(21)22)9-11(19)8-10-6-4-5-7-12(10)15(16,17)18/h4-7,11H,8-9,19H2,1-3H3,(H,21,22)/p-1/t11-/m0/s1. The molecule has 0 aliphatic carbocycles. The van der Waals surface area contributed by atoms with Gasteiger partial charge in [0, 0.05) is 18.1 Å². The summed E-state index contributed by atoms with van der Waals surface area (Å²) < 4.78 is 38.8. The summed E-state index contributed by atoms with van der Waals surface area (Å²) in [6.07, 6.45) is -5.93. The number of alkyl halides is 3. The topological polar surface area (TPSA) is 69.4 Å². The number of rotatable bonds is 4. The molecule has 1 aromatic rings. The highest BCUT2D eigenvalue weighted by Gasteiger charge is 2.33. The van der Waals surface area contributed by atoms with Gasteiger partial charge < -0.3 is 20.5 Å². The molecule has 0 aliphatic heterocycles. The van der Waals surface area contributed by atoms with Crippen LogP contribution in [0.3, 0.4) is 0 Å². The fraction of sp³-hybridized carbons (Fsp3) is 0.533. The van der Waals surface area contributed by atoms with Crippen LogP contribution in [0.1, 0.15) is 31.9 Å². The largest absolute Gasteiger partial charge is 0.530 e. The highest BCUT2D eigenvalue weighted by atomic mass is 19.4. The van der Waals surface area contributed by atoms with Crippen LogP contribution >= 0.6 is 0 Å². The minimum Gasteiger partial charge on any atom is -0.530 e. The predicted octanol–water partition coefficient (Wildman–Crippen LogP) is 2.02. The van der Waals surface area contributed by atoms with Crippen LogP contribution < -0.4 is 10.8 Å². The van der Waals surface area contributed by atoms with Crippen LogP contribution in [0.5, 0.6) is 0 Å². The first-order chi connectivity index (χ1) is 9.93. The molecule has 22 heavy (non-hydrogen) atoms. The Morgan fingerprint density at radius 3 is 2.27 bits per heavy atom. The van der Waals surface area contributed by atoms with Crippen molar-refractivity contribution in [2.75, 3.05) is 6.54 Å². The Morgan fingerprint density at radius 2 is 1.82 bits per heavy atom. The third-order valence-electron chi connectivity index (χ3n) is 3.25. The van der Waals surface area contributed by atoms with Crippen molar-refractivity contribution in [1.29, 1.82) is 0 Å². The predicted molar refractivity (Wildman–Crippen MR) is 75.0 cm³/mol. The molecular weight excluding hydrogens is 297 g/mol. The maximum absolute atomic E-state index is 12.9. The van der Waals surface area contributed by atoms with Gasteiger partial charge >= 0.3 is 6.18 Å². The van der Waals surface area contributed by atoms with Crippen LogP contribution in [-0.4, -0.2) is 29.1 Å². The zero-order valence-electron chi connectivity index (χ0n) is 12.8. The van der Waals surface area contributed by atoms with E-state index >= 15 is 0 Å². The average molecular weight is 317 g/mol. The van der Waals surface area contributed by atoms with Gasteiger partial charge in [0.2, 0.25) is 0 Å². The minimum atomic E-state index is -4.46. The average Bonchev–Trinajstić information content (AvgIpc) is 2.33. The maximum Gasteiger partial charge on any atom is 0.416 e. The molecule has 0 unspecified atom stereocenters. The molecule has 0 heterocycles. The van der Waals surface area contributed by atoms with E-state index in [0.29, 0.717) is 0 Å². The van der Waals surface area contributed by atoms with Crippen LogP contribution in [0.15, 0.2) is 24.3 Å². The summed E-state index contributed by atoms with van der Waals surface area (Å²) in [6.45, 7) is 4.90. The lowest BCUT2D eigenvalue weighted by Gasteiger charge is -2.39. The molecule has 0 radical (unpaired) electrons. The molecule has 1 rings (SSSR count). The Balaban J connectivity index is 2.90. The summed E-state index contributed by atoms with van der Waals surface area (Å²) in [5, 5.41) is 11.1. The van der Waals surface area contributed by atoms with Crippen molar-refractivity contribution in [2.45, 2.75) is 44.9 Å². The van der Waals surface area contributed by atoms with Crippen molar-refractivity contribution in [1.82, 2.24) is 4.90 Å². The summed E-state index contributed by atoms with van der Waals surface area (Å²) in [6, 6.07) is 4.38. The number of nitrogens with zero attached hydrogens (tertiary/aromatic N) is 1. The van der Waals surface area contributed by atoms with Gasteiger partial charge in [-0.05, 0) is 38.8 Å². The number of amides is 1. The molecule has 1 aromatic carbocycles. The quantitative estimate of drug-likeness (QED) is 0.923. The number of hydrogen-bond acceptors (Lipinski definition) is 3. The molecule has 124 valence electrons. The molecule has 0 saturated heterocycles. The number of carbonyl (C=O) groups is 1. The van der Waals surface area contributed by atoms with E-state index in [1.807, 2.05) is 0 Å². The van der Waals surface area contributed by atoms with Crippen molar-refractivity contribution < 1.29 is 23.1 Å². The number of hydrogen-bond donors (Lipinski definition) is 1. The molecule has 7 heteroatoms. The zero-order valence-corrected chi connectivity index (χ0v) is 12.8. The Morgan fingerprint density at radius 1 is 1.27 bits per heavy atom. The second-order valence-electron chi connectivity index (χ2n) is 6.17. The van der Waals surface area contributed by atoms with E-state index < -0.39 is 29.4 Å². The molecule has 0 fully saturated rings. The van der Waals surface area contributed by atoms with E-state index in [-0.39, 0.29) is 18.5 Å². The monoisotopic (exact) mass is 317 g/mol. The van der Waals surface area contributed by atoms with E-state index in [4.69, 9.17) is 5.73 Å². The Labute approximate surface area is 127 Å². The van der Waals surface area contributed by atoms with Gasteiger partial charge in [-0.1, -0.05) is 18.2 Å². The minimum absolute atomic E-state index is 0.0507. The summed E-state index contributed by atoms with van der Waals surface area (Å²) in [5.41, 5.74) is 4.42. The third kappa shape index (κ3) is 4.91. The van der Waals surface area contributed by atoms with Crippen LogP contribution in [0.4, 0.5) is 18.0 Å². The van der Waals surface area contributed by atoms with Gasteiger partial charge in [-0.15, -0.1) is 0 Å². The lowest BCUT2D eigenvalue weighted by molar-refractivity contribution is -0.270. The molecule has 1 amide bonds. The Hall–Kier alpha value is -1.76. The normalized spacial score (nSPS) is 13.8. The molecule has 0 bridgehead atoms. The first-order valence-corrected chi connectivity index (χ1v) is 6.82. The highest BCUT2D eigenvalue weighted by molar-refractivity contribution is 5.63. The van der Waals surface area contributed by atoms with Crippen LogP contribution in [0.2, 0.25) is 0 Å². The third-order valence-corrected chi connectivity index (χ3v) is 3.25. The van der Waals surface area contributed by atoms with Crippen molar-refractivity contribution in [3.05, 3.63) is 35.4 Å². The van der Waals surface area contributed by atoms with Gasteiger partial charge in [0.15, 0.2) is 0 Å². The molecule has 0 spiro atoms. The van der Waals surface area contributed by atoms with Gasteiger partial charge in [-0.25, -0.2) is 0 Å². The van der Waals surface area contributed by atoms with E-state index in [0.717, 1.165) is 11.0 Å². The van der Waals surface area contributed by atoms with Crippen molar-refractivity contribution in [3.63, 3.8) is 0 Å². The van der Waals surface area contributed by atoms with Crippen LogP contribution in [0, 0.1) is 0 Å². The lowest BCUT2D eigenvalue weighted by Crippen LogP contribution is -2.55. The van der Waals surface area contributed by atoms with Gasteiger partial charge in [0.05, 0.1) is 5.56 Å². The molecular formula is C15H20F3N2O2-. The van der Waals surface area contributed by atoms with Crippen molar-refractivity contribution in [2.24, 2.45) is 5.73 Å². The van der Waals surface area contributed by atoms with Gasteiger partial charge in [-0.2, -0.15) is 13.2 Å². The zero-order chi connectivity index (χ0) is 17.1. The van der Waals surface area contributed by atoms with E-state index in [1.165, 1.54) is 18.2 Å². The summed E-state index contributed by atoms with van der Waals surface area (Å²) in [4.78, 5) is 12.2. The highest BCUT2D eigenvalue weighted by Crippen LogP contribution is 2.32. The first-order valence-electron chi connectivity index (χ1n) is 6.82. The number of nitrogens with two attached hydrogens (primary N) is 1. The number of carboxylic acid groups (broad SMARTS) is 1.